The number of benzene rings is 2. The molecule has 4 aliphatic carbocycles. The highest BCUT2D eigenvalue weighted by Crippen LogP contribution is 2.61. The number of anilines is 1. The van der Waals surface area contributed by atoms with E-state index in [0.29, 0.717) is 11.8 Å². The van der Waals surface area contributed by atoms with Crippen LogP contribution in [0.4, 0.5) is 19.3 Å². The fourth-order valence-corrected chi connectivity index (χ4v) is 8.17. The van der Waals surface area contributed by atoms with E-state index >= 15 is 0 Å². The lowest BCUT2D eigenvalue weighted by molar-refractivity contribution is -0.127. The van der Waals surface area contributed by atoms with Gasteiger partial charge in [-0.25, -0.2) is 8.78 Å². The lowest BCUT2D eigenvalue weighted by Crippen LogP contribution is -2.48. The molecule has 3 amide bonds. The third kappa shape index (κ3) is 4.51. The van der Waals surface area contributed by atoms with Crippen molar-refractivity contribution in [3.8, 4) is 5.75 Å². The number of hydrogen-bond acceptors (Lipinski definition) is 5. The Morgan fingerprint density at radius 2 is 1.76 bits per heavy atom. The van der Waals surface area contributed by atoms with Crippen molar-refractivity contribution in [2.75, 3.05) is 19.0 Å². The van der Waals surface area contributed by atoms with Crippen molar-refractivity contribution < 1.29 is 27.9 Å². The van der Waals surface area contributed by atoms with E-state index in [1.807, 2.05) is 6.07 Å². The molecule has 2 aromatic carbocycles. The lowest BCUT2D eigenvalue weighted by atomic mass is 9.48. The molecule has 1 N–H and O–H groups in total. The van der Waals surface area contributed by atoms with Gasteiger partial charge in [0.05, 0.1) is 17.7 Å². The molecule has 198 valence electrons. The summed E-state index contributed by atoms with van der Waals surface area (Å²) in [6, 6.07) is 8.92. The summed E-state index contributed by atoms with van der Waals surface area (Å²) in [7, 11) is 1.57. The van der Waals surface area contributed by atoms with Crippen molar-refractivity contribution in [1.29, 1.82) is 0 Å². The van der Waals surface area contributed by atoms with Gasteiger partial charge in [0, 0.05) is 11.6 Å². The van der Waals surface area contributed by atoms with Gasteiger partial charge < -0.3 is 10.1 Å². The summed E-state index contributed by atoms with van der Waals surface area (Å²) >= 11 is 0.754. The van der Waals surface area contributed by atoms with Crippen molar-refractivity contribution in [2.45, 2.75) is 43.9 Å². The van der Waals surface area contributed by atoms with Crippen molar-refractivity contribution in [3.05, 3.63) is 64.1 Å². The first-order valence-electron chi connectivity index (χ1n) is 12.9. The van der Waals surface area contributed by atoms with Gasteiger partial charge in [-0.1, -0.05) is 6.07 Å². The third-order valence-corrected chi connectivity index (χ3v) is 9.45. The average molecular weight is 539 g/mol. The number of hydrogen-bond donors (Lipinski definition) is 1. The monoisotopic (exact) mass is 538 g/mol. The molecule has 9 heteroatoms. The Morgan fingerprint density at radius 3 is 2.39 bits per heavy atom. The van der Waals surface area contributed by atoms with Crippen LogP contribution in [-0.4, -0.2) is 35.6 Å². The normalized spacial score (nSPS) is 28.9. The highest BCUT2D eigenvalue weighted by Gasteiger charge is 2.51. The minimum absolute atomic E-state index is 0.163. The van der Waals surface area contributed by atoms with Crippen molar-refractivity contribution in [3.63, 3.8) is 0 Å². The number of rotatable bonds is 6. The molecule has 0 atom stereocenters. The molecular weight excluding hydrogens is 510 g/mol. The number of carbonyl (C=O) groups excluding carboxylic acids is 3. The van der Waals surface area contributed by atoms with Gasteiger partial charge in [-0.2, -0.15) is 0 Å². The van der Waals surface area contributed by atoms with Crippen LogP contribution in [-0.2, 0) is 15.0 Å². The Balaban J connectivity index is 1.22. The Kier molecular flexibility index (Phi) is 6.29. The Bertz CT molecular complexity index is 1340. The number of nitrogens with zero attached hydrogens (tertiary/aromatic N) is 1. The maximum absolute atomic E-state index is 13.9. The summed E-state index contributed by atoms with van der Waals surface area (Å²) in [6.07, 6.45) is 9.29. The van der Waals surface area contributed by atoms with Gasteiger partial charge in [0.1, 0.15) is 23.9 Å². The first kappa shape index (κ1) is 25.1. The first-order valence-corrected chi connectivity index (χ1v) is 13.7. The van der Waals surface area contributed by atoms with E-state index in [1.54, 1.807) is 13.2 Å². The van der Waals surface area contributed by atoms with Gasteiger partial charge in [-0.05, 0) is 109 Å². The van der Waals surface area contributed by atoms with E-state index < -0.39 is 35.2 Å². The largest absolute Gasteiger partial charge is 0.496 e. The number of methoxy groups -OCH3 is 1. The van der Waals surface area contributed by atoms with Gasteiger partial charge in [0.2, 0.25) is 5.91 Å². The molecule has 0 spiro atoms. The highest BCUT2D eigenvalue weighted by atomic mass is 32.2. The van der Waals surface area contributed by atoms with Gasteiger partial charge in [-0.3, -0.25) is 19.3 Å². The Morgan fingerprint density at radius 1 is 1.08 bits per heavy atom. The zero-order valence-electron chi connectivity index (χ0n) is 21.0. The number of carbonyl (C=O) groups is 3. The number of halogens is 2. The molecule has 1 heterocycles. The second-order valence-corrected chi connectivity index (χ2v) is 12.1. The molecule has 6 nitrogen and oxygen atoms in total. The molecule has 1 saturated heterocycles. The molecule has 5 aliphatic rings. The van der Waals surface area contributed by atoms with E-state index in [2.05, 4.69) is 17.4 Å². The number of imide groups is 1. The van der Waals surface area contributed by atoms with Gasteiger partial charge in [0.15, 0.2) is 0 Å². The van der Waals surface area contributed by atoms with Crippen LogP contribution in [0.5, 0.6) is 5.75 Å². The van der Waals surface area contributed by atoms with E-state index in [9.17, 15) is 23.2 Å². The van der Waals surface area contributed by atoms with Crippen LogP contribution in [0.3, 0.4) is 0 Å². The van der Waals surface area contributed by atoms with Crippen LogP contribution >= 0.6 is 11.8 Å². The molecule has 4 bridgehead atoms. The van der Waals surface area contributed by atoms with Crippen LogP contribution in [0, 0.1) is 29.4 Å². The molecular formula is C29H28F2N2O4S. The first-order chi connectivity index (χ1) is 18.2. The molecule has 1 aliphatic heterocycles. The Hall–Kier alpha value is -3.20. The number of amides is 3. The summed E-state index contributed by atoms with van der Waals surface area (Å²) in [5.74, 6) is -0.113. The van der Waals surface area contributed by atoms with Crippen molar-refractivity contribution in [2.24, 2.45) is 17.8 Å². The smallest absolute Gasteiger partial charge is 0.294 e. The summed E-state index contributed by atoms with van der Waals surface area (Å²) < 4.78 is 32.6. The predicted octanol–water partition coefficient (Wildman–Crippen LogP) is 6.12. The molecule has 5 fully saturated rings. The number of ether oxygens (including phenoxy) is 1. The minimum Gasteiger partial charge on any atom is -0.496 e. The van der Waals surface area contributed by atoms with Crippen molar-refractivity contribution in [1.82, 2.24) is 4.90 Å². The molecule has 4 saturated carbocycles. The van der Waals surface area contributed by atoms with Crippen LogP contribution in [0.1, 0.15) is 49.7 Å². The quantitative estimate of drug-likeness (QED) is 0.449. The molecule has 0 unspecified atom stereocenters. The minimum atomic E-state index is -0.946. The zero-order chi connectivity index (χ0) is 26.6. The lowest BCUT2D eigenvalue weighted by Gasteiger charge is -2.57. The second kappa shape index (κ2) is 9.52. The molecule has 38 heavy (non-hydrogen) atoms. The summed E-state index contributed by atoms with van der Waals surface area (Å²) in [5.41, 5.74) is 1.93. The average Bonchev–Trinajstić information content (AvgIpc) is 3.12. The van der Waals surface area contributed by atoms with E-state index in [1.165, 1.54) is 44.1 Å². The van der Waals surface area contributed by atoms with E-state index in [-0.39, 0.29) is 16.0 Å². The molecule has 0 radical (unpaired) electrons. The molecule has 0 aromatic heterocycles. The molecule has 2 aromatic rings. The summed E-state index contributed by atoms with van der Waals surface area (Å²) in [5, 5.41) is 1.69. The predicted molar refractivity (Wildman–Crippen MR) is 141 cm³/mol. The fourth-order valence-electron chi connectivity index (χ4n) is 7.34. The second-order valence-electron chi connectivity index (χ2n) is 11.1. The number of nitrogens with one attached hydrogen (secondary N) is 1. The highest BCUT2D eigenvalue weighted by molar-refractivity contribution is 8.18. The fraction of sp³-hybridized carbons (Fsp3) is 0.414. The zero-order valence-corrected chi connectivity index (χ0v) is 21.8. The third-order valence-electron chi connectivity index (χ3n) is 8.55. The van der Waals surface area contributed by atoms with Crippen molar-refractivity contribution >= 4 is 40.6 Å². The van der Waals surface area contributed by atoms with Crippen LogP contribution in [0.2, 0.25) is 0 Å². The summed E-state index contributed by atoms with van der Waals surface area (Å²) in [4.78, 5) is 39.2. The standard InChI is InChI=1S/C29H28F2N2O4S/c1-37-24-5-2-20(29-12-16-6-17(13-29)8-18(7-16)14-29)9-19(24)10-25-27(35)33(28(36)38-25)15-26(34)32-23-4-3-21(30)11-22(23)31/h2-5,9-11,16-18H,6-8,12-15H2,1H3,(H,32,34)/b25-10+. The topological polar surface area (TPSA) is 75.7 Å². The van der Waals surface area contributed by atoms with E-state index in [4.69, 9.17) is 4.74 Å². The van der Waals surface area contributed by atoms with E-state index in [0.717, 1.165) is 52.1 Å². The number of thioether (sulfide) groups is 1. The maximum Gasteiger partial charge on any atom is 0.294 e. The van der Waals surface area contributed by atoms with Gasteiger partial charge in [-0.15, -0.1) is 0 Å². The van der Waals surface area contributed by atoms with Crippen LogP contribution in [0.25, 0.3) is 6.08 Å². The van der Waals surface area contributed by atoms with Crippen LogP contribution in [0.15, 0.2) is 41.3 Å². The van der Waals surface area contributed by atoms with Gasteiger partial charge >= 0.3 is 0 Å². The molecule has 7 rings (SSSR count). The van der Waals surface area contributed by atoms with Gasteiger partial charge in [0.25, 0.3) is 11.1 Å². The summed E-state index contributed by atoms with van der Waals surface area (Å²) in [6.45, 7) is -0.580. The SMILES string of the molecule is COc1ccc(C23CC4CC(CC(C4)C2)C3)cc1/C=C1/SC(=O)N(CC(=O)Nc2ccc(F)cc2F)C1=O. The Labute approximate surface area is 223 Å². The van der Waals surface area contributed by atoms with Crippen LogP contribution < -0.4 is 10.1 Å². The maximum atomic E-state index is 13.9.